The molecule has 0 bridgehead atoms. The molecule has 4 heteroatoms. The fraction of sp³-hybridized carbons (Fsp3) is 0.222. The summed E-state index contributed by atoms with van der Waals surface area (Å²) in [5, 5.41) is 0. The third-order valence-electron chi connectivity index (χ3n) is 3.77. The Bertz CT molecular complexity index is 734. The lowest BCUT2D eigenvalue weighted by Gasteiger charge is -2.18. The minimum absolute atomic E-state index is 0.384. The van der Waals surface area contributed by atoms with Crippen LogP contribution in [0.4, 0.5) is 5.69 Å². The normalized spacial score (nSPS) is 13.5. The summed E-state index contributed by atoms with van der Waals surface area (Å²) in [4.78, 5) is 25.9. The molecule has 2 aromatic carbocycles. The molecule has 1 heterocycles. The van der Waals surface area contributed by atoms with E-state index < -0.39 is 11.7 Å². The van der Waals surface area contributed by atoms with E-state index in [1.165, 1.54) is 0 Å². The van der Waals surface area contributed by atoms with Gasteiger partial charge in [0.2, 0.25) is 0 Å². The van der Waals surface area contributed by atoms with Gasteiger partial charge in [-0.25, -0.2) is 0 Å². The molecule has 0 radical (unpaired) electrons. The number of ether oxygens (including phenoxy) is 1. The number of benzene rings is 2. The predicted molar refractivity (Wildman–Crippen MR) is 84.3 cm³/mol. The predicted octanol–water partition coefficient (Wildman–Crippen LogP) is 3.12. The molecule has 0 aromatic heterocycles. The topological polar surface area (TPSA) is 46.6 Å². The van der Waals surface area contributed by atoms with Crippen LogP contribution < -0.4 is 9.64 Å². The van der Waals surface area contributed by atoms with Crippen molar-refractivity contribution in [1.29, 1.82) is 0 Å². The fourth-order valence-electron chi connectivity index (χ4n) is 2.73. The van der Waals surface area contributed by atoms with Gasteiger partial charge in [0.15, 0.2) is 0 Å². The van der Waals surface area contributed by atoms with Crippen LogP contribution in [0.15, 0.2) is 42.5 Å². The first-order valence-electron chi connectivity index (χ1n) is 7.29. The number of rotatable bonds is 4. The van der Waals surface area contributed by atoms with Crippen LogP contribution in [0.3, 0.4) is 0 Å². The first kappa shape index (κ1) is 14.3. The number of carbonyl (C=O) groups excluding carboxylic acids is 2. The zero-order chi connectivity index (χ0) is 15.7. The first-order chi connectivity index (χ1) is 10.6. The van der Waals surface area contributed by atoms with Crippen molar-refractivity contribution >= 4 is 17.4 Å². The number of amides is 1. The van der Waals surface area contributed by atoms with Gasteiger partial charge in [0.05, 0.1) is 24.4 Å². The van der Waals surface area contributed by atoms with Crippen LogP contribution in [-0.2, 0) is 11.3 Å². The molecule has 112 valence electrons. The van der Waals surface area contributed by atoms with E-state index in [0.29, 0.717) is 18.7 Å². The van der Waals surface area contributed by atoms with E-state index in [9.17, 15) is 9.59 Å². The molecule has 0 N–H and O–H groups in total. The smallest absolute Gasteiger partial charge is 0.299 e. The molecule has 0 fully saturated rings. The highest BCUT2D eigenvalue weighted by molar-refractivity contribution is 6.52. The number of hydrogen-bond acceptors (Lipinski definition) is 3. The molecule has 0 atom stereocenters. The molecule has 1 aliphatic heterocycles. The Hall–Kier alpha value is -2.62. The highest BCUT2D eigenvalue weighted by Crippen LogP contribution is 2.33. The van der Waals surface area contributed by atoms with Gasteiger partial charge in [-0.05, 0) is 43.2 Å². The lowest BCUT2D eigenvalue weighted by Crippen LogP contribution is -2.29. The third-order valence-corrected chi connectivity index (χ3v) is 3.77. The van der Waals surface area contributed by atoms with Gasteiger partial charge in [-0.1, -0.05) is 24.3 Å². The minimum atomic E-state index is -0.460. The lowest BCUT2D eigenvalue weighted by atomic mass is 10.1. The van der Waals surface area contributed by atoms with Gasteiger partial charge in [-0.2, -0.15) is 0 Å². The maximum absolute atomic E-state index is 12.2. The zero-order valence-electron chi connectivity index (χ0n) is 12.6. The Morgan fingerprint density at radius 2 is 1.77 bits per heavy atom. The Morgan fingerprint density at radius 1 is 1.05 bits per heavy atom. The number of nitrogens with zero attached hydrogens (tertiary/aromatic N) is 1. The largest absolute Gasteiger partial charge is 0.494 e. The summed E-state index contributed by atoms with van der Waals surface area (Å²) < 4.78 is 5.41. The van der Waals surface area contributed by atoms with E-state index in [-0.39, 0.29) is 0 Å². The number of hydrogen-bond donors (Lipinski definition) is 0. The number of aryl methyl sites for hydroxylation is 1. The van der Waals surface area contributed by atoms with Crippen LogP contribution in [0.1, 0.15) is 28.4 Å². The summed E-state index contributed by atoms with van der Waals surface area (Å²) in [5.74, 6) is -0.0884. The molecule has 22 heavy (non-hydrogen) atoms. The molecule has 1 aliphatic rings. The molecule has 0 spiro atoms. The number of ketones is 1. The van der Waals surface area contributed by atoms with Crippen molar-refractivity contribution < 1.29 is 14.3 Å². The average molecular weight is 295 g/mol. The maximum atomic E-state index is 12.2. The number of carbonyl (C=O) groups is 2. The summed E-state index contributed by atoms with van der Waals surface area (Å²) in [6.07, 6.45) is 0. The Morgan fingerprint density at radius 3 is 2.45 bits per heavy atom. The molecule has 0 unspecified atom stereocenters. The molecule has 0 saturated heterocycles. The van der Waals surface area contributed by atoms with Gasteiger partial charge in [-0.15, -0.1) is 0 Å². The fourth-order valence-corrected chi connectivity index (χ4v) is 2.73. The van der Waals surface area contributed by atoms with Crippen LogP contribution in [0.2, 0.25) is 0 Å². The molecule has 3 rings (SSSR count). The minimum Gasteiger partial charge on any atom is -0.494 e. The third kappa shape index (κ3) is 2.37. The van der Waals surface area contributed by atoms with Crippen LogP contribution >= 0.6 is 0 Å². The molecule has 1 amide bonds. The number of fused-ring (bicyclic) bond motifs is 1. The summed E-state index contributed by atoms with van der Waals surface area (Å²) in [5.41, 5.74) is 3.12. The second kappa shape index (κ2) is 5.64. The van der Waals surface area contributed by atoms with Crippen molar-refractivity contribution in [2.45, 2.75) is 20.4 Å². The van der Waals surface area contributed by atoms with Gasteiger partial charge in [0.25, 0.3) is 11.7 Å². The Kier molecular flexibility index (Phi) is 3.67. The Balaban J connectivity index is 1.90. The van der Waals surface area contributed by atoms with Crippen molar-refractivity contribution in [3.8, 4) is 5.75 Å². The SMILES string of the molecule is CCOc1ccc(CN2C(=O)C(=O)c3cccc(C)c32)cc1. The standard InChI is InChI=1S/C18H17NO3/c1-3-22-14-9-7-13(8-10-14)11-19-16-12(2)5-4-6-15(16)17(20)18(19)21/h4-10H,3,11H2,1-2H3. The number of para-hydroxylation sites is 1. The van der Waals surface area contributed by atoms with E-state index in [1.807, 2.05) is 44.2 Å². The molecule has 0 aliphatic carbocycles. The summed E-state index contributed by atoms with van der Waals surface area (Å²) in [6.45, 7) is 4.85. The number of anilines is 1. The summed E-state index contributed by atoms with van der Waals surface area (Å²) in [7, 11) is 0. The van der Waals surface area contributed by atoms with Crippen molar-refractivity contribution in [3.05, 3.63) is 59.2 Å². The van der Waals surface area contributed by atoms with Crippen molar-refractivity contribution in [1.82, 2.24) is 0 Å². The van der Waals surface area contributed by atoms with E-state index in [0.717, 1.165) is 22.6 Å². The van der Waals surface area contributed by atoms with E-state index in [1.54, 1.807) is 17.0 Å². The quantitative estimate of drug-likeness (QED) is 0.814. The maximum Gasteiger partial charge on any atom is 0.299 e. The highest BCUT2D eigenvalue weighted by Gasteiger charge is 2.36. The van der Waals surface area contributed by atoms with Crippen molar-refractivity contribution in [3.63, 3.8) is 0 Å². The van der Waals surface area contributed by atoms with Crippen molar-refractivity contribution in [2.24, 2.45) is 0 Å². The van der Waals surface area contributed by atoms with Gasteiger partial charge in [-0.3, -0.25) is 9.59 Å². The molecule has 4 nitrogen and oxygen atoms in total. The molecular weight excluding hydrogens is 278 g/mol. The number of Topliss-reactive ketones (excluding diaryl/α,β-unsaturated/α-hetero) is 1. The Labute approximate surface area is 129 Å². The molecule has 0 saturated carbocycles. The highest BCUT2D eigenvalue weighted by atomic mass is 16.5. The summed E-state index contributed by atoms with van der Waals surface area (Å²) in [6, 6.07) is 13.0. The second-order valence-corrected chi connectivity index (χ2v) is 5.27. The van der Waals surface area contributed by atoms with Crippen LogP contribution in [0.25, 0.3) is 0 Å². The van der Waals surface area contributed by atoms with E-state index >= 15 is 0 Å². The zero-order valence-corrected chi connectivity index (χ0v) is 12.6. The molecular formula is C18H17NO3. The van der Waals surface area contributed by atoms with Gasteiger partial charge < -0.3 is 9.64 Å². The van der Waals surface area contributed by atoms with Gasteiger partial charge in [0.1, 0.15) is 5.75 Å². The van der Waals surface area contributed by atoms with Crippen LogP contribution in [0.5, 0.6) is 5.75 Å². The monoisotopic (exact) mass is 295 g/mol. The van der Waals surface area contributed by atoms with Crippen molar-refractivity contribution in [2.75, 3.05) is 11.5 Å². The van der Waals surface area contributed by atoms with E-state index in [4.69, 9.17) is 4.74 Å². The van der Waals surface area contributed by atoms with E-state index in [2.05, 4.69) is 0 Å². The van der Waals surface area contributed by atoms with Crippen LogP contribution in [0, 0.1) is 6.92 Å². The summed E-state index contributed by atoms with van der Waals surface area (Å²) >= 11 is 0. The molecule has 2 aromatic rings. The average Bonchev–Trinajstić information content (AvgIpc) is 2.76. The van der Waals surface area contributed by atoms with Gasteiger partial charge >= 0.3 is 0 Å². The van der Waals surface area contributed by atoms with Crippen LogP contribution in [-0.4, -0.2) is 18.3 Å². The first-order valence-corrected chi connectivity index (χ1v) is 7.29. The second-order valence-electron chi connectivity index (χ2n) is 5.27. The van der Waals surface area contributed by atoms with Gasteiger partial charge in [0, 0.05) is 0 Å². The lowest BCUT2D eigenvalue weighted by molar-refractivity contribution is -0.114.